The molecule has 7 nitrogen and oxygen atoms in total. The van der Waals surface area contributed by atoms with Crippen LogP contribution in [-0.4, -0.2) is 35.0 Å². The SMILES string of the molecule is CCOc1cccc(N2C(=O)C(=O)/C(=C(/O)c3cccc(OCC(C)C)c3)C2c2c[nH]c3ccccc23)c1. The molecular formula is C31H30N2O5. The summed E-state index contributed by atoms with van der Waals surface area (Å²) in [6.07, 6.45) is 1.79. The highest BCUT2D eigenvalue weighted by Gasteiger charge is 2.47. The second-order valence-electron chi connectivity index (χ2n) is 9.62. The number of carbonyl (C=O) groups excluding carboxylic acids is 2. The van der Waals surface area contributed by atoms with Crippen LogP contribution < -0.4 is 14.4 Å². The number of ketones is 1. The molecule has 1 saturated heterocycles. The molecule has 1 aromatic heterocycles. The summed E-state index contributed by atoms with van der Waals surface area (Å²) in [4.78, 5) is 31.8. The molecule has 0 spiro atoms. The van der Waals surface area contributed by atoms with Crippen LogP contribution in [0.25, 0.3) is 16.7 Å². The number of aliphatic hydroxyl groups is 1. The van der Waals surface area contributed by atoms with Crippen molar-refractivity contribution in [1.29, 1.82) is 0 Å². The van der Waals surface area contributed by atoms with E-state index < -0.39 is 17.7 Å². The molecule has 1 fully saturated rings. The Labute approximate surface area is 221 Å². The fourth-order valence-electron chi connectivity index (χ4n) is 4.75. The maximum absolute atomic E-state index is 13.6. The maximum atomic E-state index is 13.6. The van der Waals surface area contributed by atoms with E-state index in [1.165, 1.54) is 4.90 Å². The zero-order valence-electron chi connectivity index (χ0n) is 21.6. The fraction of sp³-hybridized carbons (Fsp3) is 0.226. The lowest BCUT2D eigenvalue weighted by Gasteiger charge is -2.25. The first kappa shape index (κ1) is 25.1. The quantitative estimate of drug-likeness (QED) is 0.167. The van der Waals surface area contributed by atoms with Crippen molar-refractivity contribution in [2.45, 2.75) is 26.8 Å². The van der Waals surface area contributed by atoms with Crippen molar-refractivity contribution in [1.82, 2.24) is 4.98 Å². The minimum absolute atomic E-state index is 0.0163. The summed E-state index contributed by atoms with van der Waals surface area (Å²) in [5.41, 5.74) is 2.48. The highest BCUT2D eigenvalue weighted by Crippen LogP contribution is 2.45. The molecule has 0 bridgehead atoms. The lowest BCUT2D eigenvalue weighted by molar-refractivity contribution is -0.132. The topological polar surface area (TPSA) is 91.9 Å². The van der Waals surface area contributed by atoms with Crippen LogP contribution >= 0.6 is 0 Å². The number of aliphatic hydroxyl groups excluding tert-OH is 1. The van der Waals surface area contributed by atoms with Gasteiger partial charge in [0, 0.05) is 40.0 Å². The van der Waals surface area contributed by atoms with E-state index in [-0.39, 0.29) is 11.3 Å². The first-order valence-corrected chi connectivity index (χ1v) is 12.7. The molecule has 0 radical (unpaired) electrons. The van der Waals surface area contributed by atoms with Gasteiger partial charge in [-0.15, -0.1) is 0 Å². The van der Waals surface area contributed by atoms with Gasteiger partial charge in [0.25, 0.3) is 11.7 Å². The van der Waals surface area contributed by atoms with Crippen LogP contribution in [0.15, 0.2) is 84.6 Å². The number of nitrogens with one attached hydrogen (secondary N) is 1. The van der Waals surface area contributed by atoms with E-state index in [1.54, 1.807) is 54.7 Å². The van der Waals surface area contributed by atoms with Crippen molar-refractivity contribution in [3.8, 4) is 11.5 Å². The second kappa shape index (κ2) is 10.5. The first-order chi connectivity index (χ1) is 18.4. The molecule has 4 aromatic rings. The van der Waals surface area contributed by atoms with Gasteiger partial charge >= 0.3 is 0 Å². The fourth-order valence-corrected chi connectivity index (χ4v) is 4.75. The number of carbonyl (C=O) groups is 2. The zero-order chi connectivity index (χ0) is 26.8. The smallest absolute Gasteiger partial charge is 0.300 e. The molecule has 3 aromatic carbocycles. The maximum Gasteiger partial charge on any atom is 0.300 e. The van der Waals surface area contributed by atoms with E-state index >= 15 is 0 Å². The van der Waals surface area contributed by atoms with Crippen molar-refractivity contribution in [3.63, 3.8) is 0 Å². The van der Waals surface area contributed by atoms with E-state index in [4.69, 9.17) is 9.47 Å². The molecule has 194 valence electrons. The van der Waals surface area contributed by atoms with Crippen molar-refractivity contribution in [2.24, 2.45) is 5.92 Å². The molecule has 1 aliphatic heterocycles. The minimum Gasteiger partial charge on any atom is -0.507 e. The molecule has 1 amide bonds. The van der Waals surface area contributed by atoms with Gasteiger partial charge in [-0.2, -0.15) is 0 Å². The molecule has 7 heteroatoms. The van der Waals surface area contributed by atoms with Crippen LogP contribution in [0.2, 0.25) is 0 Å². The average Bonchev–Trinajstić information content (AvgIpc) is 3.46. The number of H-pyrrole nitrogens is 1. The zero-order valence-corrected chi connectivity index (χ0v) is 21.6. The van der Waals surface area contributed by atoms with Gasteiger partial charge in [-0.1, -0.05) is 50.2 Å². The summed E-state index contributed by atoms with van der Waals surface area (Å²) >= 11 is 0. The van der Waals surface area contributed by atoms with Crippen LogP contribution in [0.1, 0.15) is 37.9 Å². The Morgan fingerprint density at radius 3 is 2.47 bits per heavy atom. The van der Waals surface area contributed by atoms with Crippen LogP contribution in [0.3, 0.4) is 0 Å². The van der Waals surface area contributed by atoms with Crippen LogP contribution in [-0.2, 0) is 9.59 Å². The van der Waals surface area contributed by atoms with Crippen molar-refractivity contribution in [3.05, 3.63) is 95.7 Å². The molecule has 0 aliphatic carbocycles. The third kappa shape index (κ3) is 4.63. The number of aromatic nitrogens is 1. The van der Waals surface area contributed by atoms with E-state index in [0.717, 1.165) is 10.9 Å². The Hall–Kier alpha value is -4.52. The van der Waals surface area contributed by atoms with E-state index in [0.29, 0.717) is 47.4 Å². The minimum atomic E-state index is -0.858. The number of amides is 1. The molecule has 5 rings (SSSR count). The summed E-state index contributed by atoms with van der Waals surface area (Å²) in [6.45, 7) is 6.95. The van der Waals surface area contributed by atoms with E-state index in [9.17, 15) is 14.7 Å². The summed E-state index contributed by atoms with van der Waals surface area (Å²) in [5, 5.41) is 12.4. The summed E-state index contributed by atoms with van der Waals surface area (Å²) in [6, 6.07) is 20.8. The molecule has 2 N–H and O–H groups in total. The number of anilines is 1. The van der Waals surface area contributed by atoms with Crippen molar-refractivity contribution >= 4 is 34.0 Å². The molecule has 0 saturated carbocycles. The Morgan fingerprint density at radius 2 is 1.71 bits per heavy atom. The number of ether oxygens (including phenoxy) is 2. The number of hydrogen-bond donors (Lipinski definition) is 2. The Balaban J connectivity index is 1.69. The van der Waals surface area contributed by atoms with Crippen LogP contribution in [0.5, 0.6) is 11.5 Å². The van der Waals surface area contributed by atoms with Gasteiger partial charge in [0.05, 0.1) is 24.8 Å². The summed E-state index contributed by atoms with van der Waals surface area (Å²) in [7, 11) is 0. The Morgan fingerprint density at radius 1 is 0.974 bits per heavy atom. The van der Waals surface area contributed by atoms with Gasteiger partial charge in [-0.25, -0.2) is 0 Å². The van der Waals surface area contributed by atoms with Crippen molar-refractivity contribution in [2.75, 3.05) is 18.1 Å². The van der Waals surface area contributed by atoms with Gasteiger partial charge in [-0.3, -0.25) is 14.5 Å². The summed E-state index contributed by atoms with van der Waals surface area (Å²) in [5.74, 6) is -0.246. The van der Waals surface area contributed by atoms with Crippen LogP contribution in [0, 0.1) is 5.92 Å². The lowest BCUT2D eigenvalue weighted by atomic mass is 9.94. The normalized spacial score (nSPS) is 16.9. The van der Waals surface area contributed by atoms with Crippen LogP contribution in [0.4, 0.5) is 5.69 Å². The number of benzene rings is 3. The van der Waals surface area contributed by atoms with E-state index in [1.807, 2.05) is 45.0 Å². The Kier molecular flexibility index (Phi) is 6.92. The molecule has 1 aliphatic rings. The lowest BCUT2D eigenvalue weighted by Crippen LogP contribution is -2.29. The monoisotopic (exact) mass is 510 g/mol. The Bertz CT molecular complexity index is 1530. The number of nitrogens with zero attached hydrogens (tertiary/aromatic N) is 1. The van der Waals surface area contributed by atoms with Gasteiger partial charge < -0.3 is 19.6 Å². The molecule has 1 atom stereocenters. The molecule has 38 heavy (non-hydrogen) atoms. The highest BCUT2D eigenvalue weighted by atomic mass is 16.5. The molecule has 1 unspecified atom stereocenters. The number of hydrogen-bond acceptors (Lipinski definition) is 5. The average molecular weight is 511 g/mol. The van der Waals surface area contributed by atoms with E-state index in [2.05, 4.69) is 4.98 Å². The van der Waals surface area contributed by atoms with Crippen molar-refractivity contribution < 1.29 is 24.2 Å². The number of fused-ring (bicyclic) bond motifs is 1. The number of para-hydroxylation sites is 1. The summed E-state index contributed by atoms with van der Waals surface area (Å²) < 4.78 is 11.5. The first-order valence-electron chi connectivity index (χ1n) is 12.7. The largest absolute Gasteiger partial charge is 0.507 e. The molecule has 2 heterocycles. The van der Waals surface area contributed by atoms with Gasteiger partial charge in [-0.05, 0) is 43.2 Å². The number of Topliss-reactive ketones (excluding diaryl/α,β-unsaturated/α-hetero) is 1. The predicted molar refractivity (Wildman–Crippen MR) is 147 cm³/mol. The number of rotatable bonds is 8. The standard InChI is InChI=1S/C31H30N2O5/c1-4-37-23-12-8-10-21(16-23)33-28(25-17-32-26-14-6-5-13-24(25)26)27(30(35)31(33)36)29(34)20-9-7-11-22(15-20)38-18-19(2)3/h5-17,19,28,32,34H,4,18H2,1-3H3/b29-27+. The third-order valence-electron chi connectivity index (χ3n) is 6.46. The highest BCUT2D eigenvalue weighted by molar-refractivity contribution is 6.52. The third-order valence-corrected chi connectivity index (χ3v) is 6.46. The van der Waals surface area contributed by atoms with Gasteiger partial charge in [0.15, 0.2) is 0 Å². The van der Waals surface area contributed by atoms with Gasteiger partial charge in [0.1, 0.15) is 17.3 Å². The second-order valence-corrected chi connectivity index (χ2v) is 9.62. The molecular weight excluding hydrogens is 480 g/mol. The number of aromatic amines is 1. The predicted octanol–water partition coefficient (Wildman–Crippen LogP) is 6.23. The van der Waals surface area contributed by atoms with Gasteiger partial charge in [0.2, 0.25) is 0 Å².